The maximum atomic E-state index is 12.3. The molecule has 1 aromatic heterocycles. The standard InChI is InChI=1S/C17H15N5O5/c1-20(2)14-8-7-11(9-15(14)22(25)26)17(24)27-10-21-16(23)12-5-3-4-6-13(12)18-19-21/h3-9H,10H2,1-2H3. The maximum absolute atomic E-state index is 12.3. The Bertz CT molecular complexity index is 1090. The van der Waals surface area contributed by atoms with Crippen LogP contribution < -0.4 is 10.5 Å². The van der Waals surface area contributed by atoms with Crippen LogP contribution in [0.2, 0.25) is 0 Å². The van der Waals surface area contributed by atoms with Crippen molar-refractivity contribution in [1.29, 1.82) is 0 Å². The Morgan fingerprint density at radius 1 is 1.26 bits per heavy atom. The van der Waals surface area contributed by atoms with Crippen LogP contribution in [-0.4, -0.2) is 40.0 Å². The predicted octanol–water partition coefficient (Wildman–Crippen LogP) is 1.58. The van der Waals surface area contributed by atoms with Gasteiger partial charge >= 0.3 is 5.97 Å². The molecule has 0 aliphatic carbocycles. The average Bonchev–Trinajstić information content (AvgIpc) is 2.66. The van der Waals surface area contributed by atoms with E-state index in [2.05, 4.69) is 10.3 Å². The SMILES string of the molecule is CN(C)c1ccc(C(=O)OCn2nnc3ccccc3c2=O)cc1[N+](=O)[O-]. The zero-order valence-electron chi connectivity index (χ0n) is 14.5. The first-order chi connectivity index (χ1) is 12.9. The minimum absolute atomic E-state index is 0.00547. The van der Waals surface area contributed by atoms with E-state index in [0.29, 0.717) is 16.6 Å². The number of anilines is 1. The largest absolute Gasteiger partial charge is 0.439 e. The van der Waals surface area contributed by atoms with Gasteiger partial charge in [-0.05, 0) is 24.3 Å². The fourth-order valence-corrected chi connectivity index (χ4v) is 2.49. The molecular weight excluding hydrogens is 354 g/mol. The predicted molar refractivity (Wildman–Crippen MR) is 96.6 cm³/mol. The topological polar surface area (TPSA) is 120 Å². The first kappa shape index (κ1) is 18.0. The van der Waals surface area contributed by atoms with Gasteiger partial charge in [0.05, 0.1) is 15.9 Å². The van der Waals surface area contributed by atoms with E-state index in [1.165, 1.54) is 12.1 Å². The lowest BCUT2D eigenvalue weighted by Crippen LogP contribution is -2.26. The summed E-state index contributed by atoms with van der Waals surface area (Å²) in [5, 5.41) is 19.2. The molecule has 27 heavy (non-hydrogen) atoms. The first-order valence-electron chi connectivity index (χ1n) is 7.84. The summed E-state index contributed by atoms with van der Waals surface area (Å²) in [5.41, 5.74) is 0.0988. The van der Waals surface area contributed by atoms with E-state index in [-0.39, 0.29) is 11.3 Å². The van der Waals surface area contributed by atoms with Gasteiger partial charge in [-0.3, -0.25) is 14.9 Å². The Kier molecular flexibility index (Phi) is 4.79. The van der Waals surface area contributed by atoms with Crippen molar-refractivity contribution in [2.45, 2.75) is 6.73 Å². The summed E-state index contributed by atoms with van der Waals surface area (Å²) in [6.45, 7) is -0.460. The van der Waals surface area contributed by atoms with Crippen LogP contribution in [0.5, 0.6) is 0 Å². The lowest BCUT2D eigenvalue weighted by Gasteiger charge is -2.13. The number of nitrogens with zero attached hydrogens (tertiary/aromatic N) is 5. The number of ether oxygens (including phenoxy) is 1. The molecule has 2 aromatic carbocycles. The number of aromatic nitrogens is 3. The summed E-state index contributed by atoms with van der Waals surface area (Å²) in [6.07, 6.45) is 0. The number of fused-ring (bicyclic) bond motifs is 1. The normalized spacial score (nSPS) is 10.6. The summed E-state index contributed by atoms with van der Waals surface area (Å²) in [7, 11) is 3.32. The number of hydrogen-bond donors (Lipinski definition) is 0. The number of nitro groups is 1. The van der Waals surface area contributed by atoms with E-state index in [1.807, 2.05) is 0 Å². The quantitative estimate of drug-likeness (QED) is 0.378. The third-order valence-corrected chi connectivity index (χ3v) is 3.84. The van der Waals surface area contributed by atoms with Crippen LogP contribution in [0.15, 0.2) is 47.3 Å². The summed E-state index contributed by atoms with van der Waals surface area (Å²) in [5.74, 6) is -0.815. The van der Waals surface area contributed by atoms with Crippen molar-refractivity contribution in [2.24, 2.45) is 0 Å². The van der Waals surface area contributed by atoms with E-state index in [4.69, 9.17) is 4.74 Å². The highest BCUT2D eigenvalue weighted by Crippen LogP contribution is 2.27. The highest BCUT2D eigenvalue weighted by atomic mass is 16.6. The number of nitro benzene ring substituents is 1. The molecule has 3 rings (SSSR count). The molecule has 3 aromatic rings. The van der Waals surface area contributed by atoms with Gasteiger partial charge in [-0.2, -0.15) is 4.68 Å². The number of carbonyl (C=O) groups excluding carboxylic acids is 1. The van der Waals surface area contributed by atoms with E-state index >= 15 is 0 Å². The van der Waals surface area contributed by atoms with E-state index in [0.717, 1.165) is 10.7 Å². The van der Waals surface area contributed by atoms with E-state index in [1.54, 1.807) is 43.3 Å². The maximum Gasteiger partial charge on any atom is 0.340 e. The molecule has 0 spiro atoms. The molecule has 0 amide bonds. The van der Waals surface area contributed by atoms with Crippen LogP contribution in [0.3, 0.4) is 0 Å². The number of carbonyl (C=O) groups is 1. The van der Waals surface area contributed by atoms with Crippen LogP contribution >= 0.6 is 0 Å². The minimum atomic E-state index is -0.815. The van der Waals surface area contributed by atoms with Crippen molar-refractivity contribution < 1.29 is 14.5 Å². The van der Waals surface area contributed by atoms with Gasteiger partial charge in [-0.1, -0.05) is 17.3 Å². The summed E-state index contributed by atoms with van der Waals surface area (Å²) < 4.78 is 5.97. The molecule has 0 N–H and O–H groups in total. The van der Waals surface area contributed by atoms with Crippen molar-refractivity contribution in [3.63, 3.8) is 0 Å². The highest BCUT2D eigenvalue weighted by molar-refractivity contribution is 5.91. The van der Waals surface area contributed by atoms with Crippen molar-refractivity contribution in [1.82, 2.24) is 15.0 Å². The summed E-state index contributed by atoms with van der Waals surface area (Å²) in [4.78, 5) is 36.7. The van der Waals surface area contributed by atoms with Gasteiger partial charge in [0.2, 0.25) is 0 Å². The fraction of sp³-hybridized carbons (Fsp3) is 0.176. The molecule has 0 unspecified atom stereocenters. The Morgan fingerprint density at radius 2 is 2.00 bits per heavy atom. The molecule has 138 valence electrons. The first-order valence-corrected chi connectivity index (χ1v) is 7.84. The Morgan fingerprint density at radius 3 is 2.70 bits per heavy atom. The third-order valence-electron chi connectivity index (χ3n) is 3.84. The average molecular weight is 369 g/mol. The molecule has 0 saturated carbocycles. The molecule has 0 atom stereocenters. The van der Waals surface area contributed by atoms with Crippen molar-refractivity contribution in [3.05, 3.63) is 68.5 Å². The van der Waals surface area contributed by atoms with Crippen LogP contribution in [0.4, 0.5) is 11.4 Å². The molecule has 0 saturated heterocycles. The number of esters is 1. The number of hydrogen-bond acceptors (Lipinski definition) is 8. The third kappa shape index (κ3) is 3.59. The number of rotatable bonds is 5. The van der Waals surface area contributed by atoms with Gasteiger partial charge in [0.15, 0.2) is 6.73 Å². The molecule has 0 aliphatic heterocycles. The Hall–Kier alpha value is -3.82. The summed E-state index contributed by atoms with van der Waals surface area (Å²) in [6, 6.07) is 10.7. The zero-order valence-corrected chi connectivity index (χ0v) is 14.5. The van der Waals surface area contributed by atoms with Crippen LogP contribution in [0.25, 0.3) is 10.9 Å². The Balaban J connectivity index is 1.82. The second-order valence-corrected chi connectivity index (χ2v) is 5.83. The second-order valence-electron chi connectivity index (χ2n) is 5.83. The van der Waals surface area contributed by atoms with Crippen molar-refractivity contribution in [3.8, 4) is 0 Å². The van der Waals surface area contributed by atoms with Crippen molar-refractivity contribution >= 4 is 28.2 Å². The minimum Gasteiger partial charge on any atom is -0.439 e. The fourth-order valence-electron chi connectivity index (χ4n) is 2.49. The Labute approximate surface area is 152 Å². The second kappa shape index (κ2) is 7.20. The van der Waals surface area contributed by atoms with E-state index in [9.17, 15) is 19.7 Å². The van der Waals surface area contributed by atoms with Gasteiger partial charge < -0.3 is 9.64 Å². The van der Waals surface area contributed by atoms with Gasteiger partial charge in [0.1, 0.15) is 11.2 Å². The van der Waals surface area contributed by atoms with Crippen LogP contribution in [-0.2, 0) is 11.5 Å². The van der Waals surface area contributed by atoms with Crippen LogP contribution in [0, 0.1) is 10.1 Å². The molecular formula is C17H15N5O5. The monoisotopic (exact) mass is 369 g/mol. The lowest BCUT2D eigenvalue weighted by atomic mass is 10.1. The summed E-state index contributed by atoms with van der Waals surface area (Å²) >= 11 is 0. The van der Waals surface area contributed by atoms with Crippen molar-refractivity contribution in [2.75, 3.05) is 19.0 Å². The molecule has 0 fully saturated rings. The molecule has 0 radical (unpaired) electrons. The van der Waals surface area contributed by atoms with Gasteiger partial charge in [0, 0.05) is 20.2 Å². The molecule has 0 bridgehead atoms. The van der Waals surface area contributed by atoms with Gasteiger partial charge in [-0.15, -0.1) is 5.10 Å². The van der Waals surface area contributed by atoms with Gasteiger partial charge in [-0.25, -0.2) is 4.79 Å². The zero-order chi connectivity index (χ0) is 19.6. The molecule has 0 aliphatic rings. The molecule has 1 heterocycles. The van der Waals surface area contributed by atoms with E-state index < -0.39 is 23.2 Å². The molecule has 10 nitrogen and oxygen atoms in total. The smallest absolute Gasteiger partial charge is 0.340 e. The highest BCUT2D eigenvalue weighted by Gasteiger charge is 2.20. The lowest BCUT2D eigenvalue weighted by molar-refractivity contribution is -0.384. The van der Waals surface area contributed by atoms with Gasteiger partial charge in [0.25, 0.3) is 11.2 Å². The molecule has 10 heteroatoms. The number of benzene rings is 2. The van der Waals surface area contributed by atoms with Crippen LogP contribution in [0.1, 0.15) is 10.4 Å².